The van der Waals surface area contributed by atoms with E-state index in [1.807, 2.05) is 0 Å². The van der Waals surface area contributed by atoms with Crippen molar-refractivity contribution in [3.63, 3.8) is 0 Å². The van der Waals surface area contributed by atoms with Gasteiger partial charge in [-0.05, 0) is 110 Å². The van der Waals surface area contributed by atoms with E-state index in [1.165, 1.54) is 54.8 Å². The highest BCUT2D eigenvalue weighted by atomic mass is 15.1. The van der Waals surface area contributed by atoms with Crippen LogP contribution >= 0.6 is 0 Å². The van der Waals surface area contributed by atoms with Crippen LogP contribution in [0.1, 0.15) is 26.3 Å². The fourth-order valence-corrected chi connectivity index (χ4v) is 6.55. The van der Waals surface area contributed by atoms with Crippen LogP contribution in [0.4, 0.5) is 17.1 Å². The third-order valence-electron chi connectivity index (χ3n) is 9.14. The van der Waals surface area contributed by atoms with Crippen molar-refractivity contribution in [3.8, 4) is 16.8 Å². The zero-order valence-electron chi connectivity index (χ0n) is 26.5. The number of benzene rings is 7. The molecule has 2 heteroatoms. The first-order valence-electron chi connectivity index (χ1n) is 16.0. The van der Waals surface area contributed by atoms with Crippen LogP contribution in [0.5, 0.6) is 0 Å². The average molecular weight is 593 g/mol. The van der Waals surface area contributed by atoms with Crippen molar-refractivity contribution in [2.75, 3.05) is 4.90 Å². The van der Waals surface area contributed by atoms with Gasteiger partial charge in [-0.25, -0.2) is 0 Å². The Hall–Kier alpha value is -5.60. The molecule has 0 radical (unpaired) electrons. The molecule has 0 spiro atoms. The number of hydrogen-bond donors (Lipinski definition) is 0. The highest BCUT2D eigenvalue weighted by Gasteiger charge is 2.16. The van der Waals surface area contributed by atoms with Crippen molar-refractivity contribution >= 4 is 49.5 Å². The Morgan fingerprint density at radius 2 is 0.978 bits per heavy atom. The zero-order valence-corrected chi connectivity index (χ0v) is 26.5. The molecule has 0 fully saturated rings. The van der Waals surface area contributed by atoms with E-state index >= 15 is 0 Å². The van der Waals surface area contributed by atoms with Gasteiger partial charge in [0.05, 0.1) is 5.52 Å². The Kier molecular flexibility index (Phi) is 6.73. The van der Waals surface area contributed by atoms with Crippen molar-refractivity contribution in [3.05, 3.63) is 169 Å². The van der Waals surface area contributed by atoms with E-state index in [9.17, 15) is 0 Å². The minimum atomic E-state index is 0.143. The number of hydrogen-bond acceptors (Lipinski definition) is 1. The molecule has 1 aromatic heterocycles. The van der Waals surface area contributed by atoms with Crippen LogP contribution in [-0.4, -0.2) is 4.57 Å². The van der Waals surface area contributed by atoms with Gasteiger partial charge >= 0.3 is 0 Å². The maximum absolute atomic E-state index is 2.36. The summed E-state index contributed by atoms with van der Waals surface area (Å²) < 4.78 is 2.28. The average Bonchev–Trinajstić information content (AvgIpc) is 3.52. The lowest BCUT2D eigenvalue weighted by molar-refractivity contribution is 0.590. The molecule has 1 heterocycles. The van der Waals surface area contributed by atoms with Crippen LogP contribution < -0.4 is 4.90 Å². The zero-order chi connectivity index (χ0) is 31.3. The lowest BCUT2D eigenvalue weighted by atomic mass is 9.87. The minimum Gasteiger partial charge on any atom is -0.317 e. The molecule has 2 nitrogen and oxygen atoms in total. The molecule has 0 saturated heterocycles. The van der Waals surface area contributed by atoms with Crippen molar-refractivity contribution in [1.29, 1.82) is 0 Å². The molecule has 8 rings (SSSR count). The smallest absolute Gasteiger partial charge is 0.0528 e. The second-order valence-corrected chi connectivity index (χ2v) is 13.2. The van der Waals surface area contributed by atoms with Gasteiger partial charge in [0.25, 0.3) is 0 Å². The highest BCUT2D eigenvalue weighted by Crippen LogP contribution is 2.38. The van der Waals surface area contributed by atoms with Gasteiger partial charge in [-0.2, -0.15) is 0 Å². The van der Waals surface area contributed by atoms with Crippen LogP contribution in [0.25, 0.3) is 49.3 Å². The third kappa shape index (κ3) is 5.12. The first kappa shape index (κ1) is 27.9. The van der Waals surface area contributed by atoms with E-state index in [0.29, 0.717) is 0 Å². The first-order chi connectivity index (χ1) is 22.4. The van der Waals surface area contributed by atoms with E-state index in [4.69, 9.17) is 0 Å². The molecule has 0 aliphatic carbocycles. The predicted molar refractivity (Wildman–Crippen MR) is 197 cm³/mol. The van der Waals surface area contributed by atoms with Crippen molar-refractivity contribution < 1.29 is 0 Å². The fourth-order valence-electron chi connectivity index (χ4n) is 6.55. The predicted octanol–water partition coefficient (Wildman–Crippen LogP) is 12.4. The van der Waals surface area contributed by atoms with Crippen LogP contribution in [0, 0.1) is 0 Å². The topological polar surface area (TPSA) is 8.17 Å². The summed E-state index contributed by atoms with van der Waals surface area (Å²) in [4.78, 5) is 2.36. The molecule has 0 atom stereocenters. The minimum absolute atomic E-state index is 0.143. The number of rotatable bonds is 5. The lowest BCUT2D eigenvalue weighted by Gasteiger charge is -2.26. The second-order valence-electron chi connectivity index (χ2n) is 13.2. The Morgan fingerprint density at radius 1 is 0.435 bits per heavy atom. The van der Waals surface area contributed by atoms with Crippen molar-refractivity contribution in [2.45, 2.75) is 26.2 Å². The van der Waals surface area contributed by atoms with E-state index in [-0.39, 0.29) is 5.41 Å². The Balaban J connectivity index is 1.15. The summed E-state index contributed by atoms with van der Waals surface area (Å²) in [6.45, 7) is 6.77. The Morgan fingerprint density at radius 3 is 1.57 bits per heavy atom. The molecule has 0 N–H and O–H groups in total. The Labute approximate surface area is 270 Å². The molecule has 0 aliphatic heterocycles. The summed E-state index contributed by atoms with van der Waals surface area (Å²) in [7, 11) is 0. The second kappa shape index (κ2) is 11.1. The molecule has 0 unspecified atom stereocenters. The number of nitrogens with zero attached hydrogens (tertiary/aromatic N) is 2. The summed E-state index contributed by atoms with van der Waals surface area (Å²) in [5.74, 6) is 0. The SMILES string of the molecule is CC(C)(C)c1ccc(-n2ccc3cc(-c4ccc(N(c5ccc6ccccc6c5)c5ccc6ccccc6c5)cc4)ccc32)cc1. The summed E-state index contributed by atoms with van der Waals surface area (Å²) in [6, 6.07) is 57.5. The largest absolute Gasteiger partial charge is 0.317 e. The number of aromatic nitrogens is 1. The van der Waals surface area contributed by atoms with E-state index in [0.717, 1.165) is 17.1 Å². The molecule has 46 heavy (non-hydrogen) atoms. The van der Waals surface area contributed by atoms with Gasteiger partial charge in [-0.15, -0.1) is 0 Å². The van der Waals surface area contributed by atoms with E-state index < -0.39 is 0 Å². The van der Waals surface area contributed by atoms with Crippen molar-refractivity contribution in [1.82, 2.24) is 4.57 Å². The van der Waals surface area contributed by atoms with Crippen molar-refractivity contribution in [2.24, 2.45) is 0 Å². The maximum atomic E-state index is 2.36. The van der Waals surface area contributed by atoms with Gasteiger partial charge < -0.3 is 9.47 Å². The summed E-state index contributed by atoms with van der Waals surface area (Å²) in [5.41, 5.74) is 9.69. The first-order valence-corrected chi connectivity index (χ1v) is 16.0. The number of fused-ring (bicyclic) bond motifs is 3. The van der Waals surface area contributed by atoms with Crippen LogP contribution in [0.15, 0.2) is 164 Å². The fraction of sp³-hybridized carbons (Fsp3) is 0.0909. The highest BCUT2D eigenvalue weighted by molar-refractivity contribution is 5.93. The maximum Gasteiger partial charge on any atom is 0.0528 e. The van der Waals surface area contributed by atoms with Gasteiger partial charge in [-0.3, -0.25) is 0 Å². The summed E-state index contributed by atoms with van der Waals surface area (Å²) >= 11 is 0. The van der Waals surface area contributed by atoms with Crippen LogP contribution in [0.2, 0.25) is 0 Å². The molecular formula is C44H36N2. The van der Waals surface area contributed by atoms with E-state index in [2.05, 4.69) is 194 Å². The van der Waals surface area contributed by atoms with Gasteiger partial charge in [0.1, 0.15) is 0 Å². The van der Waals surface area contributed by atoms with Gasteiger partial charge in [0.15, 0.2) is 0 Å². The molecule has 7 aromatic carbocycles. The normalized spacial score (nSPS) is 11.8. The monoisotopic (exact) mass is 592 g/mol. The summed E-state index contributed by atoms with van der Waals surface area (Å²) in [5, 5.41) is 6.17. The lowest BCUT2D eigenvalue weighted by Crippen LogP contribution is -2.10. The summed E-state index contributed by atoms with van der Waals surface area (Å²) in [6.07, 6.45) is 2.18. The molecule has 222 valence electrons. The van der Waals surface area contributed by atoms with Crippen LogP contribution in [0.3, 0.4) is 0 Å². The Bertz CT molecular complexity index is 2260. The molecule has 0 aliphatic rings. The number of anilines is 3. The molecule has 8 aromatic rings. The van der Waals surface area contributed by atoms with Gasteiger partial charge in [-0.1, -0.05) is 112 Å². The van der Waals surface area contributed by atoms with Gasteiger partial charge in [0.2, 0.25) is 0 Å². The molecule has 0 amide bonds. The quantitative estimate of drug-likeness (QED) is 0.193. The standard InChI is InChI=1S/C44H36N2/c1-44(2,3)38-17-23-39(24-18-38)45-27-26-37-28-36(16-25-43(37)45)33-12-19-40(20-13-33)46(41-21-14-31-8-4-6-10-34(31)29-41)42-22-15-32-9-5-7-11-35(32)30-42/h4-30H,1-3H3. The van der Waals surface area contributed by atoms with Gasteiger partial charge in [0, 0.05) is 34.3 Å². The molecular weight excluding hydrogens is 556 g/mol. The molecule has 0 bridgehead atoms. The van der Waals surface area contributed by atoms with E-state index in [1.54, 1.807) is 0 Å². The van der Waals surface area contributed by atoms with Crippen LogP contribution in [-0.2, 0) is 5.41 Å². The third-order valence-corrected chi connectivity index (χ3v) is 9.14. The molecule has 0 saturated carbocycles.